The largest absolute Gasteiger partial charge is 0.272 e. The van der Waals surface area contributed by atoms with Crippen molar-refractivity contribution in [3.8, 4) is 5.69 Å². The molecule has 0 unspecified atom stereocenters. The van der Waals surface area contributed by atoms with E-state index in [9.17, 15) is 9.59 Å². The molecule has 7 nitrogen and oxygen atoms in total. The summed E-state index contributed by atoms with van der Waals surface area (Å²) >= 11 is 0. The topological polar surface area (TPSA) is 88.9 Å². The van der Waals surface area contributed by atoms with Crippen molar-refractivity contribution in [3.63, 3.8) is 0 Å². The molecule has 0 saturated carbocycles. The molecule has 2 heterocycles. The molecule has 0 radical (unpaired) electrons. The molecule has 0 atom stereocenters. The van der Waals surface area contributed by atoms with Crippen LogP contribution in [0.15, 0.2) is 67.3 Å². The number of hydrogen-bond acceptors (Lipinski definition) is 4. The van der Waals surface area contributed by atoms with Gasteiger partial charge >= 0.3 is 0 Å². The van der Waals surface area contributed by atoms with Gasteiger partial charge in [0.15, 0.2) is 0 Å². The first-order valence-electron chi connectivity index (χ1n) is 6.85. The summed E-state index contributed by atoms with van der Waals surface area (Å²) in [4.78, 5) is 27.7. The summed E-state index contributed by atoms with van der Waals surface area (Å²) in [6, 6.07) is 12.6. The number of hydrogen-bond donors (Lipinski definition) is 2. The summed E-state index contributed by atoms with van der Waals surface area (Å²) in [5, 5.41) is 4.13. The molecule has 114 valence electrons. The van der Waals surface area contributed by atoms with Gasteiger partial charge in [0.1, 0.15) is 0 Å². The number of para-hydroxylation sites is 1. The van der Waals surface area contributed by atoms with Gasteiger partial charge in [-0.1, -0.05) is 18.2 Å². The van der Waals surface area contributed by atoms with Gasteiger partial charge in [0.2, 0.25) is 0 Å². The Labute approximate surface area is 131 Å². The van der Waals surface area contributed by atoms with E-state index in [1.165, 1.54) is 12.4 Å². The SMILES string of the molecule is O=C(NNC(=O)c1cnn(-c2ccccc2)c1)c1cccnc1. The van der Waals surface area contributed by atoms with E-state index in [0.29, 0.717) is 11.1 Å². The van der Waals surface area contributed by atoms with E-state index >= 15 is 0 Å². The smallest absolute Gasteiger partial charge is 0.267 e. The average Bonchev–Trinajstić information content (AvgIpc) is 3.11. The molecule has 1 aromatic carbocycles. The molecule has 7 heteroatoms. The Bertz CT molecular complexity index is 815. The maximum atomic E-state index is 12.0. The van der Waals surface area contributed by atoms with E-state index in [0.717, 1.165) is 5.69 Å². The summed E-state index contributed by atoms with van der Waals surface area (Å²) < 4.78 is 1.58. The number of carbonyl (C=O) groups is 2. The molecular weight excluding hydrogens is 294 g/mol. The molecule has 0 bridgehead atoms. The Balaban J connectivity index is 1.63. The van der Waals surface area contributed by atoms with Crippen LogP contribution in [0, 0.1) is 0 Å². The summed E-state index contributed by atoms with van der Waals surface area (Å²) in [7, 11) is 0. The predicted octanol–water partition coefficient (Wildman–Crippen LogP) is 1.34. The van der Waals surface area contributed by atoms with Crippen LogP contribution in [0.3, 0.4) is 0 Å². The molecule has 0 aliphatic heterocycles. The van der Waals surface area contributed by atoms with Gasteiger partial charge in [0.25, 0.3) is 11.8 Å². The zero-order chi connectivity index (χ0) is 16.1. The molecular formula is C16H13N5O2. The van der Waals surface area contributed by atoms with Gasteiger partial charge < -0.3 is 0 Å². The first-order valence-corrected chi connectivity index (χ1v) is 6.85. The predicted molar refractivity (Wildman–Crippen MR) is 82.7 cm³/mol. The second-order valence-corrected chi connectivity index (χ2v) is 4.66. The number of benzene rings is 1. The fourth-order valence-electron chi connectivity index (χ4n) is 1.92. The maximum absolute atomic E-state index is 12.0. The Hall–Kier alpha value is -3.48. The first kappa shape index (κ1) is 14.5. The Morgan fingerprint density at radius 2 is 1.61 bits per heavy atom. The summed E-state index contributed by atoms with van der Waals surface area (Å²) in [5.74, 6) is -0.897. The third-order valence-corrected chi connectivity index (χ3v) is 3.08. The van der Waals surface area contributed by atoms with Crippen molar-refractivity contribution in [2.75, 3.05) is 0 Å². The van der Waals surface area contributed by atoms with Gasteiger partial charge in [-0.05, 0) is 24.3 Å². The van der Waals surface area contributed by atoms with E-state index in [1.54, 1.807) is 29.2 Å². The number of amides is 2. The maximum Gasteiger partial charge on any atom is 0.272 e. The minimum absolute atomic E-state index is 0.334. The monoisotopic (exact) mass is 307 g/mol. The Morgan fingerprint density at radius 1 is 0.870 bits per heavy atom. The van der Waals surface area contributed by atoms with Crippen LogP contribution in [0.4, 0.5) is 0 Å². The average molecular weight is 307 g/mol. The number of aromatic nitrogens is 3. The highest BCUT2D eigenvalue weighted by Gasteiger charge is 2.11. The highest BCUT2D eigenvalue weighted by atomic mass is 16.2. The van der Waals surface area contributed by atoms with Crippen LogP contribution < -0.4 is 10.9 Å². The van der Waals surface area contributed by atoms with Crippen LogP contribution in [0.25, 0.3) is 5.69 Å². The van der Waals surface area contributed by atoms with Gasteiger partial charge in [-0.25, -0.2) is 4.68 Å². The minimum Gasteiger partial charge on any atom is -0.267 e. The van der Waals surface area contributed by atoms with Gasteiger partial charge in [-0.2, -0.15) is 5.10 Å². The zero-order valence-electron chi connectivity index (χ0n) is 12.0. The summed E-state index contributed by atoms with van der Waals surface area (Å²) in [5.41, 5.74) is 6.20. The van der Waals surface area contributed by atoms with E-state index in [2.05, 4.69) is 20.9 Å². The molecule has 2 N–H and O–H groups in total. The molecule has 2 amide bonds. The van der Waals surface area contributed by atoms with E-state index in [-0.39, 0.29) is 0 Å². The quantitative estimate of drug-likeness (QED) is 0.715. The van der Waals surface area contributed by atoms with Crippen molar-refractivity contribution in [3.05, 3.63) is 78.4 Å². The highest BCUT2D eigenvalue weighted by molar-refractivity contribution is 5.98. The molecule has 3 rings (SSSR count). The summed E-state index contributed by atoms with van der Waals surface area (Å²) in [6.07, 6.45) is 5.99. The number of nitrogens with one attached hydrogen (secondary N) is 2. The second kappa shape index (κ2) is 6.52. The number of rotatable bonds is 3. The first-order chi connectivity index (χ1) is 11.2. The summed E-state index contributed by atoms with van der Waals surface area (Å²) in [6.45, 7) is 0. The van der Waals surface area contributed by atoms with Crippen LogP contribution in [0.2, 0.25) is 0 Å². The molecule has 23 heavy (non-hydrogen) atoms. The van der Waals surface area contributed by atoms with Crippen molar-refractivity contribution in [1.82, 2.24) is 25.6 Å². The number of pyridine rings is 1. The molecule has 3 aromatic rings. The second-order valence-electron chi connectivity index (χ2n) is 4.66. The van der Waals surface area contributed by atoms with Crippen molar-refractivity contribution < 1.29 is 9.59 Å². The van der Waals surface area contributed by atoms with Crippen LogP contribution in [0.5, 0.6) is 0 Å². The van der Waals surface area contributed by atoms with Gasteiger partial charge in [-0.3, -0.25) is 25.4 Å². The van der Waals surface area contributed by atoms with Crippen molar-refractivity contribution in [1.29, 1.82) is 0 Å². The number of hydrazine groups is 1. The van der Waals surface area contributed by atoms with E-state index in [1.807, 2.05) is 30.3 Å². The Kier molecular flexibility index (Phi) is 4.10. The molecule has 2 aromatic heterocycles. The highest BCUT2D eigenvalue weighted by Crippen LogP contribution is 2.07. The van der Waals surface area contributed by atoms with Gasteiger partial charge in [-0.15, -0.1) is 0 Å². The minimum atomic E-state index is -0.454. The third kappa shape index (κ3) is 3.41. The van der Waals surface area contributed by atoms with E-state index in [4.69, 9.17) is 0 Å². The Morgan fingerprint density at radius 3 is 2.30 bits per heavy atom. The third-order valence-electron chi connectivity index (χ3n) is 3.08. The lowest BCUT2D eigenvalue weighted by atomic mass is 10.3. The normalized spacial score (nSPS) is 10.1. The molecule has 0 spiro atoms. The lowest BCUT2D eigenvalue weighted by Crippen LogP contribution is -2.41. The molecule has 0 aliphatic rings. The molecule has 0 aliphatic carbocycles. The number of carbonyl (C=O) groups excluding carboxylic acids is 2. The van der Waals surface area contributed by atoms with Crippen LogP contribution in [-0.2, 0) is 0 Å². The fraction of sp³-hybridized carbons (Fsp3) is 0. The fourth-order valence-corrected chi connectivity index (χ4v) is 1.92. The van der Waals surface area contributed by atoms with Gasteiger partial charge in [0.05, 0.1) is 23.0 Å². The van der Waals surface area contributed by atoms with Crippen molar-refractivity contribution in [2.24, 2.45) is 0 Å². The van der Waals surface area contributed by atoms with Crippen molar-refractivity contribution >= 4 is 11.8 Å². The lowest BCUT2D eigenvalue weighted by Gasteiger charge is -2.05. The van der Waals surface area contributed by atoms with Crippen LogP contribution >= 0.6 is 0 Å². The molecule has 0 saturated heterocycles. The van der Waals surface area contributed by atoms with Crippen LogP contribution in [-0.4, -0.2) is 26.6 Å². The zero-order valence-corrected chi connectivity index (χ0v) is 12.0. The molecule has 0 fully saturated rings. The number of nitrogens with zero attached hydrogens (tertiary/aromatic N) is 3. The van der Waals surface area contributed by atoms with Crippen molar-refractivity contribution in [2.45, 2.75) is 0 Å². The van der Waals surface area contributed by atoms with Gasteiger partial charge in [0, 0.05) is 18.6 Å². The van der Waals surface area contributed by atoms with E-state index < -0.39 is 11.8 Å². The standard InChI is InChI=1S/C16H13N5O2/c22-15(12-5-4-8-17-9-12)19-20-16(23)13-10-18-21(11-13)14-6-2-1-3-7-14/h1-11H,(H,19,22)(H,20,23). The van der Waals surface area contributed by atoms with Crippen LogP contribution in [0.1, 0.15) is 20.7 Å². The lowest BCUT2D eigenvalue weighted by molar-refractivity contribution is 0.0846.